The minimum Gasteiger partial charge on any atom is -0.459 e. The van der Waals surface area contributed by atoms with E-state index in [1.54, 1.807) is 18.4 Å². The summed E-state index contributed by atoms with van der Waals surface area (Å²) in [5, 5.41) is 3.86. The molecule has 1 amide bonds. The van der Waals surface area contributed by atoms with Gasteiger partial charge in [-0.2, -0.15) is 0 Å². The lowest BCUT2D eigenvalue weighted by Gasteiger charge is -2.39. The van der Waals surface area contributed by atoms with Crippen LogP contribution in [0.25, 0.3) is 0 Å². The summed E-state index contributed by atoms with van der Waals surface area (Å²) >= 11 is 0. The molecular weight excluding hydrogens is 288 g/mol. The lowest BCUT2D eigenvalue weighted by Crippen LogP contribution is -2.51. The van der Waals surface area contributed by atoms with Crippen molar-refractivity contribution in [2.45, 2.75) is 66.0 Å². The van der Waals surface area contributed by atoms with E-state index >= 15 is 0 Å². The highest BCUT2D eigenvalue weighted by Crippen LogP contribution is 2.26. The second-order valence-electron chi connectivity index (χ2n) is 8.26. The van der Waals surface area contributed by atoms with Crippen LogP contribution in [0.3, 0.4) is 0 Å². The van der Waals surface area contributed by atoms with Crippen LogP contribution < -0.4 is 5.32 Å². The van der Waals surface area contributed by atoms with Crippen LogP contribution in [0.4, 0.5) is 0 Å². The summed E-state index contributed by atoms with van der Waals surface area (Å²) in [5.74, 6) is 1.15. The number of hydrogen-bond acceptors (Lipinski definition) is 3. The molecule has 1 N–H and O–H groups in total. The molecule has 1 aromatic rings. The second kappa shape index (κ2) is 7.52. The van der Waals surface area contributed by atoms with Gasteiger partial charge in [-0.25, -0.2) is 0 Å². The van der Waals surface area contributed by atoms with Crippen molar-refractivity contribution in [3.8, 4) is 0 Å². The fourth-order valence-corrected chi connectivity index (χ4v) is 3.23. The molecular formula is C19H32N2O2. The van der Waals surface area contributed by atoms with Crippen LogP contribution in [0.15, 0.2) is 22.8 Å². The third-order valence-corrected chi connectivity index (χ3v) is 4.70. The molecule has 0 aliphatic carbocycles. The zero-order valence-corrected chi connectivity index (χ0v) is 15.3. The van der Waals surface area contributed by atoms with Crippen LogP contribution in [-0.4, -0.2) is 36.0 Å². The molecule has 1 unspecified atom stereocenters. The summed E-state index contributed by atoms with van der Waals surface area (Å²) in [6.45, 7) is 13.1. The van der Waals surface area contributed by atoms with E-state index in [-0.39, 0.29) is 11.3 Å². The molecule has 1 aliphatic heterocycles. The molecule has 4 nitrogen and oxygen atoms in total. The van der Waals surface area contributed by atoms with Crippen LogP contribution in [0.1, 0.15) is 64.4 Å². The first-order chi connectivity index (χ1) is 10.8. The predicted octanol–water partition coefficient (Wildman–Crippen LogP) is 3.93. The third-order valence-electron chi connectivity index (χ3n) is 4.70. The van der Waals surface area contributed by atoms with Gasteiger partial charge in [0, 0.05) is 25.2 Å². The Bertz CT molecular complexity index is 480. The van der Waals surface area contributed by atoms with E-state index in [9.17, 15) is 4.79 Å². The number of hydrogen-bond donors (Lipinski definition) is 1. The first-order valence-electron chi connectivity index (χ1n) is 8.86. The highest BCUT2D eigenvalue weighted by Gasteiger charge is 2.30. The van der Waals surface area contributed by atoms with Gasteiger partial charge in [0.2, 0.25) is 0 Å². The predicted molar refractivity (Wildman–Crippen MR) is 93.5 cm³/mol. The van der Waals surface area contributed by atoms with Gasteiger partial charge in [-0.15, -0.1) is 0 Å². The van der Waals surface area contributed by atoms with Gasteiger partial charge in [0.1, 0.15) is 0 Å². The number of furan rings is 1. The number of piperidine rings is 1. The molecule has 1 aromatic heterocycles. The maximum absolute atomic E-state index is 12.3. The summed E-state index contributed by atoms with van der Waals surface area (Å²) in [6.07, 6.45) is 4.77. The zero-order valence-electron chi connectivity index (χ0n) is 15.3. The molecule has 23 heavy (non-hydrogen) atoms. The molecule has 130 valence electrons. The lowest BCUT2D eigenvalue weighted by atomic mass is 9.81. The van der Waals surface area contributed by atoms with Gasteiger partial charge >= 0.3 is 0 Å². The van der Waals surface area contributed by atoms with E-state index in [1.165, 1.54) is 6.42 Å². The average Bonchev–Trinajstić information content (AvgIpc) is 2.99. The van der Waals surface area contributed by atoms with Gasteiger partial charge in [-0.1, -0.05) is 34.6 Å². The number of carbonyl (C=O) groups is 1. The van der Waals surface area contributed by atoms with E-state index in [4.69, 9.17) is 4.42 Å². The Hall–Kier alpha value is -1.29. The monoisotopic (exact) mass is 320 g/mol. The Kier molecular flexibility index (Phi) is 5.90. The number of nitrogens with zero attached hydrogens (tertiary/aromatic N) is 1. The van der Waals surface area contributed by atoms with E-state index in [0.717, 1.165) is 25.9 Å². The molecule has 1 fully saturated rings. The molecule has 0 spiro atoms. The van der Waals surface area contributed by atoms with Gasteiger partial charge < -0.3 is 14.6 Å². The third kappa shape index (κ3) is 5.10. The molecule has 0 saturated carbocycles. The molecule has 0 radical (unpaired) electrons. The van der Waals surface area contributed by atoms with E-state index < -0.39 is 0 Å². The summed E-state index contributed by atoms with van der Waals surface area (Å²) in [6, 6.07) is 4.52. The van der Waals surface area contributed by atoms with Gasteiger partial charge in [0.15, 0.2) is 5.76 Å². The normalized spacial score (nSPS) is 18.4. The molecule has 1 aliphatic rings. The maximum Gasteiger partial charge on any atom is 0.289 e. The number of likely N-dealkylation sites (tertiary alicyclic amines) is 1. The fraction of sp³-hybridized carbons (Fsp3) is 0.737. The van der Waals surface area contributed by atoms with Crippen molar-refractivity contribution < 1.29 is 9.21 Å². The zero-order chi connectivity index (χ0) is 17.0. The fourth-order valence-electron chi connectivity index (χ4n) is 3.23. The summed E-state index contributed by atoms with van der Waals surface area (Å²) in [5.41, 5.74) is 0.255. The lowest BCUT2D eigenvalue weighted by molar-refractivity contribution is 0.0659. The van der Waals surface area contributed by atoms with Gasteiger partial charge in [-0.05, 0) is 42.7 Å². The van der Waals surface area contributed by atoms with E-state index in [0.29, 0.717) is 23.8 Å². The van der Waals surface area contributed by atoms with Crippen molar-refractivity contribution in [1.82, 2.24) is 10.2 Å². The summed E-state index contributed by atoms with van der Waals surface area (Å²) in [7, 11) is 0. The minimum atomic E-state index is 0.0167. The average molecular weight is 320 g/mol. The van der Waals surface area contributed by atoms with E-state index in [2.05, 4.69) is 39.9 Å². The van der Waals surface area contributed by atoms with Crippen molar-refractivity contribution in [2.24, 2.45) is 11.3 Å². The second-order valence-corrected chi connectivity index (χ2v) is 8.26. The molecule has 4 heteroatoms. The van der Waals surface area contributed by atoms with Crippen LogP contribution >= 0.6 is 0 Å². The van der Waals surface area contributed by atoms with Crippen LogP contribution in [-0.2, 0) is 0 Å². The molecule has 0 aromatic carbocycles. The number of nitrogens with one attached hydrogen (secondary N) is 1. The number of carbonyl (C=O) groups excluding carboxylic acids is 1. The minimum absolute atomic E-state index is 0.0167. The van der Waals surface area contributed by atoms with Crippen molar-refractivity contribution in [2.75, 3.05) is 13.1 Å². The number of amides is 1. The topological polar surface area (TPSA) is 45.5 Å². The van der Waals surface area contributed by atoms with E-state index in [1.807, 2.05) is 4.90 Å². The number of rotatable bonds is 5. The first-order valence-corrected chi connectivity index (χ1v) is 8.86. The maximum atomic E-state index is 12.3. The van der Waals surface area contributed by atoms with Gasteiger partial charge in [0.25, 0.3) is 5.91 Å². The van der Waals surface area contributed by atoms with Crippen LogP contribution in [0.2, 0.25) is 0 Å². The summed E-state index contributed by atoms with van der Waals surface area (Å²) < 4.78 is 5.22. The SMILES string of the molecule is CC(C)CC(NC1CCN(C(=O)c2ccco2)CC1)C(C)(C)C. The molecule has 2 rings (SSSR count). The molecule has 0 bridgehead atoms. The van der Waals surface area contributed by atoms with Crippen LogP contribution in [0.5, 0.6) is 0 Å². The van der Waals surface area contributed by atoms with Crippen molar-refractivity contribution in [3.63, 3.8) is 0 Å². The highest BCUT2D eigenvalue weighted by atomic mass is 16.3. The first kappa shape index (κ1) is 18.1. The van der Waals surface area contributed by atoms with Crippen molar-refractivity contribution >= 4 is 5.91 Å². The Labute approximate surface area is 140 Å². The van der Waals surface area contributed by atoms with Gasteiger partial charge in [-0.3, -0.25) is 4.79 Å². The Morgan fingerprint density at radius 1 is 1.35 bits per heavy atom. The summed E-state index contributed by atoms with van der Waals surface area (Å²) in [4.78, 5) is 14.2. The molecule has 1 saturated heterocycles. The highest BCUT2D eigenvalue weighted by molar-refractivity contribution is 5.91. The van der Waals surface area contributed by atoms with Gasteiger partial charge in [0.05, 0.1) is 6.26 Å². The van der Waals surface area contributed by atoms with Crippen molar-refractivity contribution in [1.29, 1.82) is 0 Å². The quantitative estimate of drug-likeness (QED) is 0.894. The standard InChI is InChI=1S/C19H32N2O2/c1-14(2)13-17(19(3,4)5)20-15-8-10-21(11-9-15)18(22)16-7-6-12-23-16/h6-7,12,14-15,17,20H,8-11,13H2,1-5H3. The Morgan fingerprint density at radius 2 is 2.00 bits per heavy atom. The smallest absolute Gasteiger partial charge is 0.289 e. The van der Waals surface area contributed by atoms with Crippen molar-refractivity contribution in [3.05, 3.63) is 24.2 Å². The van der Waals surface area contributed by atoms with Crippen LogP contribution in [0, 0.1) is 11.3 Å². The largest absolute Gasteiger partial charge is 0.459 e. The Balaban J connectivity index is 1.87. The Morgan fingerprint density at radius 3 is 2.48 bits per heavy atom. The molecule has 2 heterocycles. The molecule has 1 atom stereocenters.